The molecule has 4 rings (SSSR count). The van der Waals surface area contributed by atoms with Crippen LogP contribution in [0.5, 0.6) is 0 Å². The highest BCUT2D eigenvalue weighted by Gasteiger charge is 2.60. The van der Waals surface area contributed by atoms with E-state index >= 15 is 0 Å². The normalized spacial score (nSPS) is 35.8. The minimum Gasteiger partial charge on any atom is -0.460 e. The van der Waals surface area contributed by atoms with Gasteiger partial charge >= 0.3 is 27.3 Å². The predicted octanol–water partition coefficient (Wildman–Crippen LogP) is 1.93. The standard InChI is InChI=1S/C16H20F2O7S/c1-2-13(19)25-15-6-9-3-10(7-15)5-11(4-9)12(15)8-24-14(20)16(17,18)26(21,22)23/h2,9-12H,1,3-8H2,(H,21,22,23). The molecule has 0 spiro atoms. The Morgan fingerprint density at radius 3 is 2.31 bits per heavy atom. The fourth-order valence-electron chi connectivity index (χ4n) is 5.11. The van der Waals surface area contributed by atoms with Gasteiger partial charge in [-0.15, -0.1) is 0 Å². The Morgan fingerprint density at radius 1 is 1.23 bits per heavy atom. The molecule has 26 heavy (non-hydrogen) atoms. The minimum atomic E-state index is -5.92. The van der Waals surface area contributed by atoms with Crippen molar-refractivity contribution in [3.8, 4) is 0 Å². The van der Waals surface area contributed by atoms with Crippen LogP contribution in [0.2, 0.25) is 0 Å². The number of esters is 2. The molecule has 0 saturated heterocycles. The SMILES string of the molecule is C=CC(=O)OC12CC3CC(CC(C3)C1COC(=O)C(F)(F)S(=O)(=O)O)C2. The molecular formula is C16H20F2O7S. The van der Waals surface area contributed by atoms with Crippen molar-refractivity contribution in [2.75, 3.05) is 6.61 Å². The van der Waals surface area contributed by atoms with Crippen molar-refractivity contribution in [2.24, 2.45) is 23.7 Å². The summed E-state index contributed by atoms with van der Waals surface area (Å²) < 4.78 is 66.7. The molecular weight excluding hydrogens is 374 g/mol. The van der Waals surface area contributed by atoms with Crippen molar-refractivity contribution in [3.05, 3.63) is 12.7 Å². The average molecular weight is 394 g/mol. The summed E-state index contributed by atoms with van der Waals surface area (Å²) in [5.41, 5.74) is -0.923. The molecule has 3 atom stereocenters. The van der Waals surface area contributed by atoms with E-state index in [1.807, 2.05) is 0 Å². The fraction of sp³-hybridized carbons (Fsp3) is 0.750. The third-order valence-corrected chi connectivity index (χ3v) is 6.69. The molecule has 10 heteroatoms. The first kappa shape index (κ1) is 19.2. The van der Waals surface area contributed by atoms with Gasteiger partial charge < -0.3 is 9.47 Å². The van der Waals surface area contributed by atoms with E-state index in [1.54, 1.807) is 0 Å². The van der Waals surface area contributed by atoms with Crippen molar-refractivity contribution in [1.29, 1.82) is 0 Å². The number of rotatable bonds is 6. The van der Waals surface area contributed by atoms with E-state index in [0.29, 0.717) is 24.7 Å². The highest BCUT2D eigenvalue weighted by molar-refractivity contribution is 7.87. The number of alkyl halides is 2. The molecule has 3 unspecified atom stereocenters. The molecule has 4 saturated carbocycles. The van der Waals surface area contributed by atoms with Crippen molar-refractivity contribution >= 4 is 22.1 Å². The lowest BCUT2D eigenvalue weighted by Crippen LogP contribution is -2.60. The fourth-order valence-corrected chi connectivity index (χ4v) is 5.38. The van der Waals surface area contributed by atoms with E-state index in [2.05, 4.69) is 11.3 Å². The van der Waals surface area contributed by atoms with Crippen molar-refractivity contribution in [1.82, 2.24) is 0 Å². The Hall–Kier alpha value is -1.55. The van der Waals surface area contributed by atoms with Gasteiger partial charge in [-0.05, 0) is 49.9 Å². The third-order valence-electron chi connectivity index (χ3n) is 5.88. The second-order valence-electron chi connectivity index (χ2n) is 7.49. The highest BCUT2D eigenvalue weighted by Crippen LogP contribution is 2.60. The second kappa shape index (κ2) is 6.26. The number of carbonyl (C=O) groups excluding carboxylic acids is 2. The number of hydrogen-bond acceptors (Lipinski definition) is 6. The van der Waals surface area contributed by atoms with Gasteiger partial charge in [-0.3, -0.25) is 4.55 Å². The number of hydrogen-bond donors (Lipinski definition) is 1. The molecule has 0 amide bonds. The topological polar surface area (TPSA) is 107 Å². The summed E-state index contributed by atoms with van der Waals surface area (Å²) in [5, 5.41) is -5.04. The van der Waals surface area contributed by atoms with Gasteiger partial charge in [-0.1, -0.05) is 6.58 Å². The summed E-state index contributed by atoms with van der Waals surface area (Å²) in [6, 6.07) is 0. The molecule has 0 aromatic heterocycles. The third kappa shape index (κ3) is 3.13. The average Bonchev–Trinajstić information content (AvgIpc) is 2.51. The van der Waals surface area contributed by atoms with Gasteiger partial charge in [0.25, 0.3) is 0 Å². The van der Waals surface area contributed by atoms with Crippen LogP contribution in [0, 0.1) is 23.7 Å². The lowest BCUT2D eigenvalue weighted by Gasteiger charge is -2.59. The maximum atomic E-state index is 13.4. The highest BCUT2D eigenvalue weighted by atomic mass is 32.2. The van der Waals surface area contributed by atoms with E-state index in [9.17, 15) is 26.8 Å². The summed E-state index contributed by atoms with van der Waals surface area (Å²) in [6.07, 6.45) is 4.79. The molecule has 146 valence electrons. The maximum Gasteiger partial charge on any atom is 0.465 e. The van der Waals surface area contributed by atoms with Crippen LogP contribution in [-0.2, 0) is 29.2 Å². The van der Waals surface area contributed by atoms with Crippen molar-refractivity contribution in [2.45, 2.75) is 43.0 Å². The zero-order chi connectivity index (χ0) is 19.3. The van der Waals surface area contributed by atoms with Crippen molar-refractivity contribution in [3.63, 3.8) is 0 Å². The van der Waals surface area contributed by atoms with Crippen LogP contribution in [-0.4, -0.2) is 42.4 Å². The number of carbonyl (C=O) groups is 2. The molecule has 0 aromatic rings. The lowest BCUT2D eigenvalue weighted by molar-refractivity contribution is -0.214. The molecule has 4 aliphatic carbocycles. The first-order valence-electron chi connectivity index (χ1n) is 8.36. The smallest absolute Gasteiger partial charge is 0.460 e. The van der Waals surface area contributed by atoms with Gasteiger partial charge in [0.15, 0.2) is 0 Å². The van der Waals surface area contributed by atoms with Crippen molar-refractivity contribution < 1.29 is 40.8 Å². The summed E-state index contributed by atoms with van der Waals surface area (Å²) in [5.74, 6) is -2.72. The van der Waals surface area contributed by atoms with Crippen LogP contribution in [0.1, 0.15) is 32.1 Å². The van der Waals surface area contributed by atoms with Gasteiger partial charge in [-0.25, -0.2) is 9.59 Å². The quantitative estimate of drug-likeness (QED) is 0.417. The molecule has 0 aromatic carbocycles. The van der Waals surface area contributed by atoms with Gasteiger partial charge in [0.05, 0.1) is 6.61 Å². The van der Waals surface area contributed by atoms with Crippen LogP contribution >= 0.6 is 0 Å². The van der Waals surface area contributed by atoms with Gasteiger partial charge in [0.2, 0.25) is 0 Å². The summed E-state index contributed by atoms with van der Waals surface area (Å²) in [6.45, 7) is 2.86. The maximum absolute atomic E-state index is 13.4. The Balaban J connectivity index is 1.78. The number of ether oxygens (including phenoxy) is 2. The van der Waals surface area contributed by atoms with E-state index in [0.717, 1.165) is 25.3 Å². The molecule has 1 N–H and O–H groups in total. The molecule has 0 heterocycles. The van der Waals surface area contributed by atoms with Gasteiger partial charge in [0, 0.05) is 12.0 Å². The van der Waals surface area contributed by atoms with Crippen LogP contribution in [0.4, 0.5) is 8.78 Å². The van der Waals surface area contributed by atoms with Gasteiger partial charge in [-0.2, -0.15) is 17.2 Å². The largest absolute Gasteiger partial charge is 0.465 e. The van der Waals surface area contributed by atoms with E-state index in [1.165, 1.54) is 0 Å². The predicted molar refractivity (Wildman–Crippen MR) is 83.5 cm³/mol. The van der Waals surface area contributed by atoms with E-state index < -0.39 is 45.4 Å². The summed E-state index contributed by atoms with van der Waals surface area (Å²) in [4.78, 5) is 23.3. The van der Waals surface area contributed by atoms with Crippen LogP contribution in [0.3, 0.4) is 0 Å². The van der Waals surface area contributed by atoms with E-state index in [4.69, 9.17) is 9.29 Å². The molecule has 0 radical (unpaired) electrons. The molecule has 4 aliphatic rings. The first-order chi connectivity index (χ1) is 12.0. The van der Waals surface area contributed by atoms with E-state index in [-0.39, 0.29) is 5.92 Å². The number of halogens is 2. The molecule has 0 aliphatic heterocycles. The summed E-state index contributed by atoms with van der Waals surface area (Å²) >= 11 is 0. The Kier molecular flexibility index (Phi) is 4.63. The first-order valence-corrected chi connectivity index (χ1v) is 9.80. The van der Waals surface area contributed by atoms with Crippen LogP contribution in [0.25, 0.3) is 0 Å². The Bertz CT molecular complexity index is 719. The van der Waals surface area contributed by atoms with Gasteiger partial charge in [0.1, 0.15) is 5.60 Å². The molecule has 7 nitrogen and oxygen atoms in total. The second-order valence-corrected chi connectivity index (χ2v) is 8.96. The van der Waals surface area contributed by atoms with Crippen LogP contribution in [0.15, 0.2) is 12.7 Å². The zero-order valence-corrected chi connectivity index (χ0v) is 14.7. The summed E-state index contributed by atoms with van der Waals surface area (Å²) in [7, 11) is -5.92. The zero-order valence-electron chi connectivity index (χ0n) is 13.9. The van der Waals surface area contributed by atoms with Crippen LogP contribution < -0.4 is 0 Å². The molecule has 4 bridgehead atoms. The Morgan fingerprint density at radius 2 is 1.81 bits per heavy atom. The molecule has 4 fully saturated rings. The Labute approximate surface area is 149 Å². The monoisotopic (exact) mass is 394 g/mol. The minimum absolute atomic E-state index is 0.0334. The lowest BCUT2D eigenvalue weighted by atomic mass is 9.50.